The summed E-state index contributed by atoms with van der Waals surface area (Å²) in [6, 6.07) is 9.46. The van der Waals surface area contributed by atoms with Crippen LogP contribution in [0.25, 0.3) is 0 Å². The number of hydrogen-bond donors (Lipinski definition) is 6. The van der Waals surface area contributed by atoms with Gasteiger partial charge in [0.2, 0.25) is 0 Å². The molecule has 0 saturated carbocycles. The number of aromatic amines is 1. The largest absolute Gasteiger partial charge is 0.504 e. The van der Waals surface area contributed by atoms with E-state index in [-0.39, 0.29) is 17.6 Å². The summed E-state index contributed by atoms with van der Waals surface area (Å²) < 4.78 is 6.09. The van der Waals surface area contributed by atoms with Crippen LogP contribution in [0.1, 0.15) is 69.5 Å². The number of benzene rings is 1. The second-order valence-corrected chi connectivity index (χ2v) is 11.5. The normalized spacial score (nSPS) is 22.8. The average molecular weight is 562 g/mol. The molecule has 0 amide bonds. The number of ether oxygens (including phenoxy) is 1. The molecule has 2 heterocycles. The number of aliphatic hydroxyl groups is 2. The molecule has 0 unspecified atom stereocenters. The molecule has 5 atom stereocenters. The van der Waals surface area contributed by atoms with E-state index in [1.165, 1.54) is 5.57 Å². The Bertz CT molecular complexity index is 1210. The Morgan fingerprint density at radius 3 is 2.80 bits per heavy atom. The lowest BCUT2D eigenvalue weighted by Gasteiger charge is -2.27. The zero-order valence-electron chi connectivity index (χ0n) is 24.3. The molecule has 1 aromatic heterocycles. The third kappa shape index (κ3) is 9.34. The van der Waals surface area contributed by atoms with Crippen molar-refractivity contribution < 1.29 is 20.1 Å². The highest BCUT2D eigenvalue weighted by Crippen LogP contribution is 2.30. The van der Waals surface area contributed by atoms with Crippen LogP contribution in [0.2, 0.25) is 0 Å². The first-order valence-electron chi connectivity index (χ1n) is 15.3. The Hall–Kier alpha value is -3.34. The molecule has 2 aliphatic rings. The van der Waals surface area contributed by atoms with Crippen molar-refractivity contribution in [2.75, 3.05) is 13.2 Å². The molecule has 0 fully saturated rings. The molecule has 2 aromatic rings. The number of nitrogens with two attached hydrogens (primary N) is 1. The van der Waals surface area contributed by atoms with Gasteiger partial charge in [-0.15, -0.1) is 5.92 Å². The molecule has 0 spiro atoms. The number of rotatable bonds is 12. The highest BCUT2D eigenvalue weighted by molar-refractivity contribution is 5.42. The fourth-order valence-corrected chi connectivity index (χ4v) is 5.86. The predicted octanol–water partition coefficient (Wildman–Crippen LogP) is 4.94. The number of nitrogens with one attached hydrogen (secondary N) is 2. The summed E-state index contributed by atoms with van der Waals surface area (Å²) in [4.78, 5) is 3.29. The number of phenols is 1. The van der Waals surface area contributed by atoms with Gasteiger partial charge < -0.3 is 36.1 Å². The minimum absolute atomic E-state index is 0.101. The standard InChI is InChI=1S/C34H47N3O4/c1-2-24-7-3-4-11-30(38)29(10-5-8-24)31(39)14-12-25-13-15-32(40)33(21-25)41-20-17-27(22-28-9-6-18-36-28)26-16-19-37-34(35)23-26/h6,9,13,15-16,18,21,23-24,27,29-31,36-40H,2-4,7,10-12,14,17,19-20,22,35H2,1H3/t24-,27-,29+,30+,31-/m1/s1. The van der Waals surface area contributed by atoms with Crippen molar-refractivity contribution in [2.45, 2.75) is 83.3 Å². The van der Waals surface area contributed by atoms with Crippen LogP contribution in [0.5, 0.6) is 11.5 Å². The molecular weight excluding hydrogens is 514 g/mol. The smallest absolute Gasteiger partial charge is 0.161 e. The molecule has 0 bridgehead atoms. The van der Waals surface area contributed by atoms with Crippen LogP contribution in [0.3, 0.4) is 0 Å². The highest BCUT2D eigenvalue weighted by Gasteiger charge is 2.26. The van der Waals surface area contributed by atoms with Crippen molar-refractivity contribution in [3.8, 4) is 23.3 Å². The van der Waals surface area contributed by atoms with Crippen LogP contribution >= 0.6 is 0 Å². The number of aromatic hydroxyl groups is 1. The summed E-state index contributed by atoms with van der Waals surface area (Å²) in [6.45, 7) is 3.32. The van der Waals surface area contributed by atoms with Gasteiger partial charge in [-0.05, 0) is 92.3 Å². The molecule has 222 valence electrons. The number of hydrogen-bond acceptors (Lipinski definition) is 6. The maximum atomic E-state index is 11.0. The van der Waals surface area contributed by atoms with E-state index >= 15 is 0 Å². The maximum Gasteiger partial charge on any atom is 0.161 e. The van der Waals surface area contributed by atoms with Gasteiger partial charge in [0.1, 0.15) is 0 Å². The zero-order valence-corrected chi connectivity index (χ0v) is 24.3. The Morgan fingerprint density at radius 2 is 2.02 bits per heavy atom. The molecule has 1 aromatic carbocycles. The average Bonchev–Trinajstić information content (AvgIpc) is 3.49. The van der Waals surface area contributed by atoms with E-state index in [4.69, 9.17) is 10.5 Å². The summed E-state index contributed by atoms with van der Waals surface area (Å²) in [5.41, 5.74) is 9.35. The summed E-state index contributed by atoms with van der Waals surface area (Å²) in [5.74, 6) is 8.21. The van der Waals surface area contributed by atoms with Crippen molar-refractivity contribution in [3.63, 3.8) is 0 Å². The van der Waals surface area contributed by atoms with E-state index in [1.54, 1.807) is 6.07 Å². The van der Waals surface area contributed by atoms with Crippen LogP contribution in [0.15, 0.2) is 60.1 Å². The third-order valence-electron chi connectivity index (χ3n) is 8.47. The quantitative estimate of drug-likeness (QED) is 0.204. The number of allylic oxidation sites excluding steroid dienone is 2. The molecule has 0 radical (unpaired) electrons. The van der Waals surface area contributed by atoms with Gasteiger partial charge in [-0.3, -0.25) is 0 Å². The summed E-state index contributed by atoms with van der Waals surface area (Å²) >= 11 is 0. The van der Waals surface area contributed by atoms with E-state index in [0.717, 1.165) is 49.8 Å². The molecule has 0 saturated heterocycles. The van der Waals surface area contributed by atoms with E-state index in [1.807, 2.05) is 30.5 Å². The van der Waals surface area contributed by atoms with Crippen LogP contribution in [0.4, 0.5) is 0 Å². The van der Waals surface area contributed by atoms with Gasteiger partial charge >= 0.3 is 0 Å². The van der Waals surface area contributed by atoms with Crippen LogP contribution in [0, 0.1) is 29.6 Å². The van der Waals surface area contributed by atoms with Crippen LogP contribution < -0.4 is 15.8 Å². The summed E-state index contributed by atoms with van der Waals surface area (Å²) in [6.07, 6.45) is 13.0. The first-order chi connectivity index (χ1) is 19.9. The van der Waals surface area contributed by atoms with Crippen molar-refractivity contribution >= 4 is 0 Å². The number of H-pyrrole nitrogens is 1. The number of aromatic nitrogens is 1. The van der Waals surface area contributed by atoms with Crippen molar-refractivity contribution in [1.29, 1.82) is 0 Å². The third-order valence-corrected chi connectivity index (χ3v) is 8.47. The number of dihydropyridines is 1. The summed E-state index contributed by atoms with van der Waals surface area (Å²) in [7, 11) is 0. The lowest BCUT2D eigenvalue weighted by molar-refractivity contribution is 0.00559. The number of aryl methyl sites for hydroxylation is 1. The van der Waals surface area contributed by atoms with Crippen LogP contribution in [-0.2, 0) is 12.8 Å². The monoisotopic (exact) mass is 561 g/mol. The topological polar surface area (TPSA) is 124 Å². The minimum Gasteiger partial charge on any atom is -0.504 e. The molecule has 4 rings (SSSR count). The molecule has 7 N–H and O–H groups in total. The Morgan fingerprint density at radius 1 is 1.17 bits per heavy atom. The molecule has 1 aliphatic carbocycles. The molecule has 7 nitrogen and oxygen atoms in total. The van der Waals surface area contributed by atoms with Crippen molar-refractivity contribution in [3.05, 3.63) is 71.3 Å². The minimum atomic E-state index is -0.649. The molecule has 1 aliphatic heterocycles. The molecule has 7 heteroatoms. The van der Waals surface area contributed by atoms with Gasteiger partial charge in [0.15, 0.2) is 11.5 Å². The fraction of sp³-hybridized carbons (Fsp3) is 0.529. The second-order valence-electron chi connectivity index (χ2n) is 11.5. The lowest BCUT2D eigenvalue weighted by atomic mass is 9.85. The fourth-order valence-electron chi connectivity index (χ4n) is 5.86. The van der Waals surface area contributed by atoms with E-state index in [2.05, 4.69) is 41.2 Å². The first-order valence-corrected chi connectivity index (χ1v) is 15.3. The SMILES string of the molecule is CC[C@H]1C#CC[C@H]([C@H](O)CCc2ccc(O)c(OCC[C@H](Cc3ccc[nH]3)C3=CCNC(N)=C3)c2)[C@@H](O)CCCC1. The van der Waals surface area contributed by atoms with E-state index < -0.39 is 12.2 Å². The van der Waals surface area contributed by atoms with Crippen LogP contribution in [-0.4, -0.2) is 45.7 Å². The van der Waals surface area contributed by atoms with Gasteiger partial charge in [-0.1, -0.05) is 37.8 Å². The maximum absolute atomic E-state index is 11.0. The Labute approximate surface area is 244 Å². The summed E-state index contributed by atoms with van der Waals surface area (Å²) in [5, 5.41) is 35.5. The lowest BCUT2D eigenvalue weighted by Crippen LogP contribution is -2.32. The molecule has 41 heavy (non-hydrogen) atoms. The van der Waals surface area contributed by atoms with Gasteiger partial charge in [-0.25, -0.2) is 0 Å². The van der Waals surface area contributed by atoms with E-state index in [0.29, 0.717) is 56.3 Å². The predicted molar refractivity (Wildman–Crippen MR) is 163 cm³/mol. The second kappa shape index (κ2) is 15.6. The Kier molecular flexibility index (Phi) is 11.7. The number of aliphatic hydroxyl groups excluding tert-OH is 2. The number of phenolic OH excluding ortho intramolecular Hbond substituents is 1. The van der Waals surface area contributed by atoms with E-state index in [9.17, 15) is 15.3 Å². The van der Waals surface area contributed by atoms with Gasteiger partial charge in [-0.2, -0.15) is 0 Å². The highest BCUT2D eigenvalue weighted by atomic mass is 16.5. The van der Waals surface area contributed by atoms with Gasteiger partial charge in [0.25, 0.3) is 0 Å². The van der Waals surface area contributed by atoms with Gasteiger partial charge in [0.05, 0.1) is 24.6 Å². The van der Waals surface area contributed by atoms with Gasteiger partial charge in [0, 0.05) is 36.7 Å². The van der Waals surface area contributed by atoms with Crippen molar-refractivity contribution in [2.24, 2.45) is 23.5 Å². The Balaban J connectivity index is 1.34. The molecular formula is C34H47N3O4. The zero-order chi connectivity index (χ0) is 29.0. The van der Waals surface area contributed by atoms with Crippen molar-refractivity contribution in [1.82, 2.24) is 10.3 Å². The first kappa shape index (κ1) is 30.6.